The summed E-state index contributed by atoms with van der Waals surface area (Å²) in [5, 5.41) is 10.2. The summed E-state index contributed by atoms with van der Waals surface area (Å²) in [6.45, 7) is 1.01. The van der Waals surface area contributed by atoms with Crippen LogP contribution in [0.25, 0.3) is 11.4 Å². The number of aliphatic imine (C=N–C) groups is 1. The Bertz CT molecular complexity index is 903. The molecule has 146 valence electrons. The molecular weight excluding hydrogens is 356 g/mol. The van der Waals surface area contributed by atoms with E-state index < -0.39 is 0 Å². The van der Waals surface area contributed by atoms with Crippen molar-refractivity contribution in [3.05, 3.63) is 59.9 Å². The van der Waals surface area contributed by atoms with Crippen LogP contribution in [0, 0.1) is 0 Å². The van der Waals surface area contributed by atoms with Crippen molar-refractivity contribution >= 4 is 5.96 Å². The van der Waals surface area contributed by atoms with Gasteiger partial charge in [0.2, 0.25) is 0 Å². The molecule has 2 aromatic carbocycles. The van der Waals surface area contributed by atoms with Crippen molar-refractivity contribution in [2.45, 2.75) is 13.0 Å². The maximum absolute atomic E-state index is 5.92. The number of benzene rings is 2. The zero-order chi connectivity index (χ0) is 19.8. The Morgan fingerprint density at radius 2 is 1.68 bits per heavy atom. The van der Waals surface area contributed by atoms with Gasteiger partial charge >= 0.3 is 0 Å². The van der Waals surface area contributed by atoms with Crippen molar-refractivity contribution in [3.8, 4) is 22.9 Å². The van der Waals surface area contributed by atoms with E-state index in [0.29, 0.717) is 30.7 Å². The summed E-state index contributed by atoms with van der Waals surface area (Å²) in [6, 6.07) is 15.5. The van der Waals surface area contributed by atoms with Crippen molar-refractivity contribution < 1.29 is 9.47 Å². The van der Waals surface area contributed by atoms with Crippen LogP contribution in [0.1, 0.15) is 11.4 Å². The summed E-state index contributed by atoms with van der Waals surface area (Å²) in [5.74, 6) is 3.26. The monoisotopic (exact) mass is 380 g/mol. The number of hydrogen-bond acceptors (Lipinski definition) is 5. The van der Waals surface area contributed by atoms with E-state index in [2.05, 4.69) is 25.5 Å². The van der Waals surface area contributed by atoms with Crippen LogP contribution in [0.2, 0.25) is 0 Å². The van der Waals surface area contributed by atoms with Gasteiger partial charge in [0.05, 0.1) is 14.2 Å². The molecule has 28 heavy (non-hydrogen) atoms. The highest BCUT2D eigenvalue weighted by atomic mass is 16.5. The molecule has 0 aliphatic heterocycles. The highest BCUT2D eigenvalue weighted by molar-refractivity contribution is 5.77. The summed E-state index contributed by atoms with van der Waals surface area (Å²) >= 11 is 0. The number of aromatic nitrogens is 3. The highest BCUT2D eigenvalue weighted by Crippen LogP contribution is 2.19. The first-order valence-electron chi connectivity index (χ1n) is 8.90. The van der Waals surface area contributed by atoms with Gasteiger partial charge in [-0.15, -0.1) is 0 Å². The van der Waals surface area contributed by atoms with Gasteiger partial charge in [0.15, 0.2) is 11.8 Å². The number of ether oxygens (including phenoxy) is 2. The van der Waals surface area contributed by atoms with Crippen molar-refractivity contribution in [1.82, 2.24) is 20.5 Å². The first-order valence-corrected chi connectivity index (χ1v) is 8.90. The fraction of sp³-hybridized carbons (Fsp3) is 0.250. The second-order valence-electron chi connectivity index (χ2n) is 6.06. The van der Waals surface area contributed by atoms with E-state index in [1.54, 1.807) is 14.2 Å². The Morgan fingerprint density at radius 3 is 2.32 bits per heavy atom. The molecule has 0 saturated carbocycles. The van der Waals surface area contributed by atoms with E-state index in [1.165, 1.54) is 5.56 Å². The standard InChI is InChI=1S/C20H24N6O2/c1-27-16-7-3-14(4-8-16)11-12-22-20(21)23-13-18-24-19(26-25-18)15-5-9-17(28-2)10-6-15/h3-10H,11-13H2,1-2H3,(H3,21,22,23)(H,24,25,26). The molecule has 3 rings (SSSR count). The van der Waals surface area contributed by atoms with Gasteiger partial charge in [-0.1, -0.05) is 12.1 Å². The molecule has 0 aliphatic rings. The van der Waals surface area contributed by atoms with Gasteiger partial charge in [0.25, 0.3) is 0 Å². The predicted octanol–water partition coefficient (Wildman–Crippen LogP) is 2.14. The van der Waals surface area contributed by atoms with E-state index >= 15 is 0 Å². The minimum absolute atomic E-state index is 0.324. The Hall–Kier alpha value is -3.55. The van der Waals surface area contributed by atoms with Gasteiger partial charge in [0, 0.05) is 12.1 Å². The highest BCUT2D eigenvalue weighted by Gasteiger charge is 2.06. The van der Waals surface area contributed by atoms with Crippen LogP contribution in [-0.4, -0.2) is 41.9 Å². The van der Waals surface area contributed by atoms with Gasteiger partial charge in [-0.05, 0) is 48.4 Å². The Labute approximate surface area is 163 Å². The van der Waals surface area contributed by atoms with Crippen molar-refractivity contribution in [2.75, 3.05) is 20.8 Å². The normalized spacial score (nSPS) is 11.3. The van der Waals surface area contributed by atoms with Crippen molar-refractivity contribution in [1.29, 1.82) is 0 Å². The summed E-state index contributed by atoms with van der Waals surface area (Å²) in [4.78, 5) is 8.74. The SMILES string of the molecule is COc1ccc(CCNC(N)=NCc2nc(-c3ccc(OC)cc3)n[nH]2)cc1. The van der Waals surface area contributed by atoms with Crippen LogP contribution in [-0.2, 0) is 13.0 Å². The molecule has 4 N–H and O–H groups in total. The largest absolute Gasteiger partial charge is 0.497 e. The van der Waals surface area contributed by atoms with Gasteiger partial charge in [-0.25, -0.2) is 9.98 Å². The molecule has 0 unspecified atom stereocenters. The molecule has 0 saturated heterocycles. The first kappa shape index (κ1) is 19.2. The second-order valence-corrected chi connectivity index (χ2v) is 6.06. The van der Waals surface area contributed by atoms with E-state index in [1.807, 2.05) is 48.5 Å². The molecule has 0 radical (unpaired) electrons. The van der Waals surface area contributed by atoms with Crippen LogP contribution >= 0.6 is 0 Å². The maximum atomic E-state index is 5.92. The van der Waals surface area contributed by atoms with E-state index in [4.69, 9.17) is 15.2 Å². The third kappa shape index (κ3) is 5.23. The topological polar surface area (TPSA) is 110 Å². The van der Waals surface area contributed by atoms with Gasteiger partial charge < -0.3 is 20.5 Å². The van der Waals surface area contributed by atoms with Crippen LogP contribution in [0.3, 0.4) is 0 Å². The molecule has 0 fully saturated rings. The number of guanidine groups is 1. The number of nitrogens with two attached hydrogens (primary N) is 1. The average Bonchev–Trinajstić information content (AvgIpc) is 3.22. The summed E-state index contributed by atoms with van der Waals surface area (Å²) in [7, 11) is 3.29. The fourth-order valence-corrected chi connectivity index (χ4v) is 2.58. The lowest BCUT2D eigenvalue weighted by Gasteiger charge is -2.06. The van der Waals surface area contributed by atoms with E-state index in [-0.39, 0.29) is 0 Å². The summed E-state index contributed by atoms with van der Waals surface area (Å²) < 4.78 is 10.3. The predicted molar refractivity (Wildman–Crippen MR) is 108 cm³/mol. The molecule has 0 atom stereocenters. The van der Waals surface area contributed by atoms with Crippen molar-refractivity contribution in [2.24, 2.45) is 10.7 Å². The molecule has 8 heteroatoms. The minimum atomic E-state index is 0.324. The van der Waals surface area contributed by atoms with Crippen LogP contribution < -0.4 is 20.5 Å². The summed E-state index contributed by atoms with van der Waals surface area (Å²) in [6.07, 6.45) is 0.837. The number of H-pyrrole nitrogens is 1. The van der Waals surface area contributed by atoms with E-state index in [0.717, 1.165) is 23.5 Å². The number of nitrogens with one attached hydrogen (secondary N) is 2. The lowest BCUT2D eigenvalue weighted by Crippen LogP contribution is -2.33. The van der Waals surface area contributed by atoms with Crippen LogP contribution in [0.5, 0.6) is 11.5 Å². The average molecular weight is 380 g/mol. The number of rotatable bonds is 8. The molecule has 0 amide bonds. The van der Waals surface area contributed by atoms with Gasteiger partial charge in [-0.2, -0.15) is 5.10 Å². The second kappa shape index (κ2) is 9.40. The van der Waals surface area contributed by atoms with Crippen molar-refractivity contribution in [3.63, 3.8) is 0 Å². The molecule has 1 aromatic heterocycles. The molecular formula is C20H24N6O2. The van der Waals surface area contributed by atoms with Gasteiger partial charge in [-0.3, -0.25) is 5.10 Å². The molecule has 0 bridgehead atoms. The van der Waals surface area contributed by atoms with Crippen LogP contribution in [0.15, 0.2) is 53.5 Å². The summed E-state index contributed by atoms with van der Waals surface area (Å²) in [5.41, 5.74) is 8.02. The lowest BCUT2D eigenvalue weighted by molar-refractivity contribution is 0.414. The number of methoxy groups -OCH3 is 2. The zero-order valence-corrected chi connectivity index (χ0v) is 16.0. The molecule has 0 aliphatic carbocycles. The number of aromatic amines is 1. The maximum Gasteiger partial charge on any atom is 0.189 e. The van der Waals surface area contributed by atoms with Crippen LogP contribution in [0.4, 0.5) is 0 Å². The number of hydrogen-bond donors (Lipinski definition) is 3. The smallest absolute Gasteiger partial charge is 0.189 e. The first-order chi connectivity index (χ1) is 13.7. The number of nitrogens with zero attached hydrogens (tertiary/aromatic N) is 3. The minimum Gasteiger partial charge on any atom is -0.497 e. The zero-order valence-electron chi connectivity index (χ0n) is 16.0. The molecule has 1 heterocycles. The third-order valence-electron chi connectivity index (χ3n) is 4.16. The molecule has 0 spiro atoms. The fourth-order valence-electron chi connectivity index (χ4n) is 2.58. The Balaban J connectivity index is 1.48. The van der Waals surface area contributed by atoms with Gasteiger partial charge in [0.1, 0.15) is 23.9 Å². The quantitative estimate of drug-likeness (QED) is 0.408. The third-order valence-corrected chi connectivity index (χ3v) is 4.16. The van der Waals surface area contributed by atoms with E-state index in [9.17, 15) is 0 Å². The Morgan fingerprint density at radius 1 is 1.04 bits per heavy atom. The lowest BCUT2D eigenvalue weighted by atomic mass is 10.1. The molecule has 3 aromatic rings. The molecule has 8 nitrogen and oxygen atoms in total. The Kier molecular flexibility index (Phi) is 6.46.